The van der Waals surface area contributed by atoms with Gasteiger partial charge in [-0.3, -0.25) is 9.59 Å². The van der Waals surface area contributed by atoms with Crippen LogP contribution in [0, 0.1) is 0 Å². The molecule has 0 aromatic carbocycles. The average Bonchev–Trinajstić information content (AvgIpc) is 3.00. The van der Waals surface area contributed by atoms with Crippen LogP contribution in [-0.2, 0) is 9.53 Å². The molecule has 0 saturated carbocycles. The molecule has 2 fully saturated rings. The Morgan fingerprint density at radius 3 is 2.79 bits per heavy atom. The summed E-state index contributed by atoms with van der Waals surface area (Å²) in [5, 5.41) is 0. The number of anilines is 1. The minimum atomic E-state index is -0.727. The number of amides is 2. The number of carbonyl (C=O) groups excluding carboxylic acids is 2. The first-order valence-electron chi connectivity index (χ1n) is 8.41. The highest BCUT2D eigenvalue weighted by molar-refractivity contribution is 5.99. The molecule has 0 bridgehead atoms. The summed E-state index contributed by atoms with van der Waals surface area (Å²) in [5.41, 5.74) is 5.28. The molecule has 1 unspecified atom stereocenters. The molecule has 1 aromatic heterocycles. The van der Waals surface area contributed by atoms with Gasteiger partial charge in [0.05, 0.1) is 6.61 Å². The van der Waals surface area contributed by atoms with E-state index in [1.165, 1.54) is 0 Å². The minimum absolute atomic E-state index is 0.0422. The van der Waals surface area contributed by atoms with E-state index >= 15 is 0 Å². The van der Waals surface area contributed by atoms with E-state index in [9.17, 15) is 9.59 Å². The molecule has 130 valence electrons. The molecule has 2 aliphatic rings. The lowest BCUT2D eigenvalue weighted by molar-refractivity contribution is -0.146. The van der Waals surface area contributed by atoms with Gasteiger partial charge >= 0.3 is 0 Å². The zero-order valence-corrected chi connectivity index (χ0v) is 14.0. The fourth-order valence-corrected chi connectivity index (χ4v) is 3.85. The molecule has 2 amide bonds. The van der Waals surface area contributed by atoms with Crippen molar-refractivity contribution in [3.63, 3.8) is 0 Å². The smallest absolute Gasteiger partial charge is 0.273 e. The molecule has 2 aliphatic heterocycles. The third kappa shape index (κ3) is 2.84. The lowest BCUT2D eigenvalue weighted by Crippen LogP contribution is -2.61. The lowest BCUT2D eigenvalue weighted by atomic mass is 9.85. The van der Waals surface area contributed by atoms with Crippen molar-refractivity contribution >= 4 is 17.6 Å². The van der Waals surface area contributed by atoms with Gasteiger partial charge in [0.2, 0.25) is 5.91 Å². The Bertz CT molecular complexity index is 636. The number of nitrogen functional groups attached to an aromatic ring is 1. The van der Waals surface area contributed by atoms with Crippen molar-refractivity contribution < 1.29 is 14.3 Å². The molecule has 2 saturated heterocycles. The molecule has 3 rings (SSSR count). The van der Waals surface area contributed by atoms with Gasteiger partial charge in [0.25, 0.3) is 5.91 Å². The zero-order chi connectivity index (χ0) is 17.2. The maximum absolute atomic E-state index is 13.1. The van der Waals surface area contributed by atoms with Crippen molar-refractivity contribution in [1.29, 1.82) is 0 Å². The van der Waals surface area contributed by atoms with Crippen LogP contribution in [0.1, 0.15) is 36.2 Å². The Labute approximate surface area is 141 Å². The highest BCUT2D eigenvalue weighted by Gasteiger charge is 2.52. The van der Waals surface area contributed by atoms with E-state index in [4.69, 9.17) is 10.5 Å². The molecular formula is C17H24N4O3. The van der Waals surface area contributed by atoms with Crippen molar-refractivity contribution in [1.82, 2.24) is 14.8 Å². The largest absolute Gasteiger partial charge is 0.384 e. The van der Waals surface area contributed by atoms with Gasteiger partial charge in [0.1, 0.15) is 17.1 Å². The van der Waals surface area contributed by atoms with Crippen LogP contribution in [0.4, 0.5) is 5.82 Å². The standard InChI is InChI=1S/C17H24N4O3/c1-24-12-11-20-9-3-7-17(16(20)23)8-4-10-21(17)15(22)13-5-2-6-14(18)19-13/h2,5-6H,3-4,7-12H2,1H3,(H2,18,19). The number of piperidine rings is 1. The monoisotopic (exact) mass is 332 g/mol. The van der Waals surface area contributed by atoms with Gasteiger partial charge in [-0.25, -0.2) is 4.98 Å². The van der Waals surface area contributed by atoms with Crippen molar-refractivity contribution in [2.45, 2.75) is 31.2 Å². The molecule has 3 heterocycles. The topological polar surface area (TPSA) is 88.8 Å². The highest BCUT2D eigenvalue weighted by atomic mass is 16.5. The maximum Gasteiger partial charge on any atom is 0.273 e. The quantitative estimate of drug-likeness (QED) is 0.885. The van der Waals surface area contributed by atoms with Gasteiger partial charge < -0.3 is 20.3 Å². The van der Waals surface area contributed by atoms with E-state index in [2.05, 4.69) is 4.98 Å². The van der Waals surface area contributed by atoms with E-state index < -0.39 is 5.54 Å². The van der Waals surface area contributed by atoms with Crippen molar-refractivity contribution in [3.05, 3.63) is 23.9 Å². The van der Waals surface area contributed by atoms with Crippen LogP contribution < -0.4 is 5.73 Å². The summed E-state index contributed by atoms with van der Waals surface area (Å²) < 4.78 is 5.10. The predicted molar refractivity (Wildman–Crippen MR) is 89.3 cm³/mol. The van der Waals surface area contributed by atoms with Crippen LogP contribution in [0.5, 0.6) is 0 Å². The molecule has 24 heavy (non-hydrogen) atoms. The fraction of sp³-hybridized carbons (Fsp3) is 0.588. The minimum Gasteiger partial charge on any atom is -0.384 e. The van der Waals surface area contributed by atoms with Crippen LogP contribution in [-0.4, -0.2) is 65.5 Å². The normalized spacial score (nSPS) is 24.0. The van der Waals surface area contributed by atoms with E-state index in [-0.39, 0.29) is 11.8 Å². The summed E-state index contributed by atoms with van der Waals surface area (Å²) in [6.45, 7) is 2.38. The molecule has 2 N–H and O–H groups in total. The number of nitrogens with zero attached hydrogens (tertiary/aromatic N) is 3. The van der Waals surface area contributed by atoms with Crippen molar-refractivity contribution in [2.75, 3.05) is 39.1 Å². The summed E-state index contributed by atoms with van der Waals surface area (Å²) >= 11 is 0. The first-order valence-corrected chi connectivity index (χ1v) is 8.41. The number of rotatable bonds is 4. The number of nitrogens with two attached hydrogens (primary N) is 1. The predicted octanol–water partition coefficient (Wildman–Crippen LogP) is 0.907. The average molecular weight is 332 g/mol. The molecular weight excluding hydrogens is 308 g/mol. The molecule has 1 aromatic rings. The van der Waals surface area contributed by atoms with Crippen molar-refractivity contribution in [3.8, 4) is 0 Å². The first kappa shape index (κ1) is 16.7. The van der Waals surface area contributed by atoms with Gasteiger partial charge in [-0.2, -0.15) is 0 Å². The second kappa shape index (κ2) is 6.76. The number of ether oxygens (including phenoxy) is 1. The van der Waals surface area contributed by atoms with Crippen LogP contribution in [0.15, 0.2) is 18.2 Å². The summed E-state index contributed by atoms with van der Waals surface area (Å²) in [7, 11) is 1.63. The Balaban J connectivity index is 1.86. The maximum atomic E-state index is 13.1. The third-order valence-electron chi connectivity index (χ3n) is 4.99. The zero-order valence-electron chi connectivity index (χ0n) is 14.0. The summed E-state index contributed by atoms with van der Waals surface area (Å²) in [6.07, 6.45) is 3.15. The number of carbonyl (C=O) groups is 2. The molecule has 1 atom stereocenters. The van der Waals surface area contributed by atoms with Crippen LogP contribution in [0.3, 0.4) is 0 Å². The summed E-state index contributed by atoms with van der Waals surface area (Å²) in [4.78, 5) is 33.7. The number of methoxy groups -OCH3 is 1. The van der Waals surface area contributed by atoms with Gasteiger partial charge in [-0.05, 0) is 37.8 Å². The van der Waals surface area contributed by atoms with E-state index in [0.29, 0.717) is 44.0 Å². The number of likely N-dealkylation sites (tertiary alicyclic amines) is 2. The van der Waals surface area contributed by atoms with Gasteiger partial charge in [-0.15, -0.1) is 0 Å². The third-order valence-corrected chi connectivity index (χ3v) is 4.99. The van der Waals surface area contributed by atoms with E-state index in [1.54, 1.807) is 30.2 Å². The van der Waals surface area contributed by atoms with Crippen LogP contribution in [0.25, 0.3) is 0 Å². The second-order valence-electron chi connectivity index (χ2n) is 6.43. The Kier molecular flexibility index (Phi) is 4.71. The van der Waals surface area contributed by atoms with Gasteiger partial charge in [0.15, 0.2) is 0 Å². The number of aromatic nitrogens is 1. The lowest BCUT2D eigenvalue weighted by Gasteiger charge is -2.44. The van der Waals surface area contributed by atoms with Gasteiger partial charge in [0, 0.05) is 26.7 Å². The summed E-state index contributed by atoms with van der Waals surface area (Å²) in [5.74, 6) is 0.146. The van der Waals surface area contributed by atoms with Crippen LogP contribution >= 0.6 is 0 Å². The Morgan fingerprint density at radius 1 is 1.33 bits per heavy atom. The Hall–Kier alpha value is -2.15. The SMILES string of the molecule is COCCN1CCCC2(CCCN2C(=O)c2cccc(N)n2)C1=O. The number of pyridine rings is 1. The second-order valence-corrected chi connectivity index (χ2v) is 6.43. The molecule has 0 radical (unpaired) electrons. The molecule has 1 spiro atoms. The summed E-state index contributed by atoms with van der Waals surface area (Å²) in [6, 6.07) is 5.02. The molecule has 0 aliphatic carbocycles. The van der Waals surface area contributed by atoms with Crippen LogP contribution in [0.2, 0.25) is 0 Å². The highest BCUT2D eigenvalue weighted by Crippen LogP contribution is 2.39. The molecule has 7 nitrogen and oxygen atoms in total. The van der Waals surface area contributed by atoms with E-state index in [0.717, 1.165) is 19.4 Å². The van der Waals surface area contributed by atoms with Crippen molar-refractivity contribution in [2.24, 2.45) is 0 Å². The van der Waals surface area contributed by atoms with Gasteiger partial charge in [-0.1, -0.05) is 6.07 Å². The molecule has 7 heteroatoms. The first-order chi connectivity index (χ1) is 11.6. The Morgan fingerprint density at radius 2 is 2.08 bits per heavy atom. The number of hydrogen-bond donors (Lipinski definition) is 1. The fourth-order valence-electron chi connectivity index (χ4n) is 3.85. The number of hydrogen-bond acceptors (Lipinski definition) is 5. The van der Waals surface area contributed by atoms with E-state index in [1.807, 2.05) is 4.90 Å².